The summed E-state index contributed by atoms with van der Waals surface area (Å²) in [7, 11) is 0. The summed E-state index contributed by atoms with van der Waals surface area (Å²) in [6.07, 6.45) is 1.79. The molecule has 0 aromatic heterocycles. The van der Waals surface area contributed by atoms with E-state index in [1.165, 1.54) is 0 Å². The Bertz CT molecular complexity index is 584. The minimum atomic E-state index is -0.427. The van der Waals surface area contributed by atoms with Gasteiger partial charge in [-0.05, 0) is 17.7 Å². The van der Waals surface area contributed by atoms with Crippen molar-refractivity contribution < 1.29 is 9.59 Å². The molecule has 3 rings (SSSR count). The molecule has 21 heavy (non-hydrogen) atoms. The molecule has 3 N–H and O–H groups in total. The molecular formula is C15H18N4O2. The lowest BCUT2D eigenvalue weighted by Crippen LogP contribution is -2.34. The van der Waals surface area contributed by atoms with E-state index in [4.69, 9.17) is 5.73 Å². The predicted molar refractivity (Wildman–Crippen MR) is 80.2 cm³/mol. The Balaban J connectivity index is 1.64. The number of benzene rings is 1. The summed E-state index contributed by atoms with van der Waals surface area (Å²) in [5.41, 5.74) is 7.65. The van der Waals surface area contributed by atoms with E-state index in [1.54, 1.807) is 0 Å². The van der Waals surface area contributed by atoms with Crippen LogP contribution in [0.3, 0.4) is 0 Å². The fourth-order valence-corrected chi connectivity index (χ4v) is 2.69. The van der Waals surface area contributed by atoms with Crippen LogP contribution in [-0.2, 0) is 16.0 Å². The van der Waals surface area contributed by atoms with Gasteiger partial charge in [0.25, 0.3) is 5.91 Å². The van der Waals surface area contributed by atoms with Crippen molar-refractivity contribution in [2.45, 2.75) is 25.3 Å². The number of aliphatic imine (C=N–C) groups is 1. The number of carbonyl (C=O) groups is 2. The van der Waals surface area contributed by atoms with E-state index in [0.29, 0.717) is 25.0 Å². The van der Waals surface area contributed by atoms with E-state index < -0.39 is 6.04 Å². The second kappa shape index (κ2) is 5.55. The van der Waals surface area contributed by atoms with E-state index in [1.807, 2.05) is 24.3 Å². The van der Waals surface area contributed by atoms with Gasteiger partial charge in [0.1, 0.15) is 11.8 Å². The van der Waals surface area contributed by atoms with Gasteiger partial charge in [-0.15, -0.1) is 0 Å². The van der Waals surface area contributed by atoms with E-state index >= 15 is 0 Å². The molecule has 1 amide bonds. The van der Waals surface area contributed by atoms with E-state index in [2.05, 4.69) is 15.2 Å². The van der Waals surface area contributed by atoms with Gasteiger partial charge >= 0.3 is 0 Å². The minimum Gasteiger partial charge on any atom is -0.371 e. The first-order chi connectivity index (χ1) is 10.1. The summed E-state index contributed by atoms with van der Waals surface area (Å²) in [5.74, 6) is 0.385. The Labute approximate surface area is 123 Å². The third kappa shape index (κ3) is 3.04. The zero-order chi connectivity index (χ0) is 14.8. The smallest absolute Gasteiger partial charge is 0.251 e. The molecule has 1 saturated heterocycles. The van der Waals surface area contributed by atoms with Crippen LogP contribution in [0.5, 0.6) is 0 Å². The molecule has 1 unspecified atom stereocenters. The second-order valence-corrected chi connectivity index (χ2v) is 5.42. The highest BCUT2D eigenvalue weighted by molar-refractivity contribution is 6.04. The quantitative estimate of drug-likeness (QED) is 0.831. The highest BCUT2D eigenvalue weighted by Crippen LogP contribution is 2.20. The number of piperidine rings is 1. The summed E-state index contributed by atoms with van der Waals surface area (Å²) < 4.78 is 0. The van der Waals surface area contributed by atoms with Crippen molar-refractivity contribution in [2.24, 2.45) is 10.7 Å². The molecule has 1 aromatic carbocycles. The highest BCUT2D eigenvalue weighted by Gasteiger charge is 2.25. The lowest BCUT2D eigenvalue weighted by atomic mass is 10.0. The van der Waals surface area contributed by atoms with Gasteiger partial charge < -0.3 is 10.6 Å². The van der Waals surface area contributed by atoms with Gasteiger partial charge in [0, 0.05) is 38.0 Å². The van der Waals surface area contributed by atoms with Crippen molar-refractivity contribution in [2.75, 3.05) is 18.0 Å². The molecule has 110 valence electrons. The van der Waals surface area contributed by atoms with Crippen LogP contribution in [0.2, 0.25) is 0 Å². The third-order valence-electron chi connectivity index (χ3n) is 3.90. The summed E-state index contributed by atoms with van der Waals surface area (Å²) in [6, 6.07) is 7.64. The molecule has 2 heterocycles. The van der Waals surface area contributed by atoms with Crippen molar-refractivity contribution >= 4 is 23.3 Å². The van der Waals surface area contributed by atoms with Crippen molar-refractivity contribution in [1.82, 2.24) is 5.32 Å². The fourth-order valence-electron chi connectivity index (χ4n) is 2.69. The maximum atomic E-state index is 11.6. The van der Waals surface area contributed by atoms with E-state index in [9.17, 15) is 9.59 Å². The Morgan fingerprint density at radius 3 is 2.43 bits per heavy atom. The summed E-state index contributed by atoms with van der Waals surface area (Å²) in [4.78, 5) is 29.1. The fraction of sp³-hybridized carbons (Fsp3) is 0.400. The first-order valence-corrected chi connectivity index (χ1v) is 7.11. The maximum absolute atomic E-state index is 11.6. The second-order valence-electron chi connectivity index (χ2n) is 5.42. The minimum absolute atomic E-state index is 0.147. The Hall–Kier alpha value is -2.37. The number of Topliss-reactive ketones (excluding diaryl/α,β-unsaturated/α-hetero) is 1. The molecule has 0 aliphatic carbocycles. The number of anilines is 1. The van der Waals surface area contributed by atoms with Crippen molar-refractivity contribution in [3.63, 3.8) is 0 Å². The van der Waals surface area contributed by atoms with Crippen LogP contribution in [0.15, 0.2) is 29.3 Å². The number of nitrogens with zero attached hydrogens (tertiary/aromatic N) is 2. The van der Waals surface area contributed by atoms with Crippen molar-refractivity contribution in [1.29, 1.82) is 0 Å². The molecule has 6 heteroatoms. The number of amides is 1. The molecular weight excluding hydrogens is 268 g/mol. The van der Waals surface area contributed by atoms with Crippen molar-refractivity contribution in [3.05, 3.63) is 29.8 Å². The standard InChI is InChI=1S/C15H18N4O2/c16-15-17-13(14(21)18-15)9-10-1-3-11(4-2-10)19-7-5-12(20)6-8-19/h1-4,13H,5-9H2,(H3,16,17,18,21). The highest BCUT2D eigenvalue weighted by atomic mass is 16.2. The van der Waals surface area contributed by atoms with Crippen molar-refractivity contribution in [3.8, 4) is 0 Å². The van der Waals surface area contributed by atoms with Crippen LogP contribution < -0.4 is 16.0 Å². The van der Waals surface area contributed by atoms with Crippen LogP contribution in [0.4, 0.5) is 5.69 Å². The average molecular weight is 286 g/mol. The largest absolute Gasteiger partial charge is 0.371 e. The summed E-state index contributed by atoms with van der Waals surface area (Å²) >= 11 is 0. The number of guanidine groups is 1. The SMILES string of the molecule is NC1=NC(Cc2ccc(N3CCC(=O)CC3)cc2)C(=O)N1. The number of rotatable bonds is 3. The molecule has 1 fully saturated rings. The number of nitrogens with one attached hydrogen (secondary N) is 1. The van der Waals surface area contributed by atoms with Gasteiger partial charge in [-0.25, -0.2) is 4.99 Å². The average Bonchev–Trinajstić information content (AvgIpc) is 2.79. The molecule has 1 aromatic rings. The van der Waals surface area contributed by atoms with Crippen LogP contribution >= 0.6 is 0 Å². The molecule has 2 aliphatic rings. The normalized spacial score (nSPS) is 22.2. The maximum Gasteiger partial charge on any atom is 0.251 e. The zero-order valence-electron chi connectivity index (χ0n) is 11.7. The van der Waals surface area contributed by atoms with Gasteiger partial charge in [-0.3, -0.25) is 14.9 Å². The molecule has 0 radical (unpaired) electrons. The van der Waals surface area contributed by atoms with Gasteiger partial charge in [-0.1, -0.05) is 12.1 Å². The van der Waals surface area contributed by atoms with Gasteiger partial charge in [0.15, 0.2) is 5.96 Å². The number of hydrogen-bond donors (Lipinski definition) is 2. The monoisotopic (exact) mass is 286 g/mol. The number of ketones is 1. The van der Waals surface area contributed by atoms with Gasteiger partial charge in [-0.2, -0.15) is 0 Å². The predicted octanol–water partition coefficient (Wildman–Crippen LogP) is 0.211. The first-order valence-electron chi connectivity index (χ1n) is 7.11. The molecule has 6 nitrogen and oxygen atoms in total. The number of nitrogens with two attached hydrogens (primary N) is 1. The topological polar surface area (TPSA) is 87.8 Å². The number of carbonyl (C=O) groups excluding carboxylic acids is 2. The lowest BCUT2D eigenvalue weighted by Gasteiger charge is -2.28. The third-order valence-corrected chi connectivity index (χ3v) is 3.90. The Morgan fingerprint density at radius 2 is 1.86 bits per heavy atom. The van der Waals surface area contributed by atoms with Crippen LogP contribution in [0.25, 0.3) is 0 Å². The lowest BCUT2D eigenvalue weighted by molar-refractivity contribution is -0.120. The summed E-state index contributed by atoms with van der Waals surface area (Å²) in [6.45, 7) is 1.56. The van der Waals surface area contributed by atoms with Crippen LogP contribution in [0, 0.1) is 0 Å². The molecule has 2 aliphatic heterocycles. The molecule has 0 spiro atoms. The molecule has 0 bridgehead atoms. The van der Waals surface area contributed by atoms with E-state index in [0.717, 1.165) is 24.3 Å². The Kier molecular flexibility index (Phi) is 3.60. The molecule has 0 saturated carbocycles. The van der Waals surface area contributed by atoms with Gasteiger partial charge in [0.05, 0.1) is 0 Å². The zero-order valence-corrected chi connectivity index (χ0v) is 11.7. The number of hydrogen-bond acceptors (Lipinski definition) is 5. The van der Waals surface area contributed by atoms with Crippen LogP contribution in [0.1, 0.15) is 18.4 Å². The van der Waals surface area contributed by atoms with Gasteiger partial charge in [0.2, 0.25) is 0 Å². The van der Waals surface area contributed by atoms with Crippen LogP contribution in [-0.4, -0.2) is 36.8 Å². The van der Waals surface area contributed by atoms with E-state index in [-0.39, 0.29) is 11.9 Å². The summed E-state index contributed by atoms with van der Waals surface area (Å²) in [5, 5.41) is 2.50. The molecule has 1 atom stereocenters. The Morgan fingerprint density at radius 1 is 1.19 bits per heavy atom. The first kappa shape index (κ1) is 13.6.